The normalized spacial score (nSPS) is 23.7. The first-order valence-corrected chi connectivity index (χ1v) is 9.92. The van der Waals surface area contributed by atoms with Crippen molar-refractivity contribution in [3.63, 3.8) is 0 Å². The van der Waals surface area contributed by atoms with Crippen molar-refractivity contribution >= 4 is 21.7 Å². The van der Waals surface area contributed by atoms with Crippen molar-refractivity contribution in [2.75, 3.05) is 13.4 Å². The second-order valence-corrected chi connectivity index (χ2v) is 8.67. The topological polar surface area (TPSA) is 110 Å². The van der Waals surface area contributed by atoms with E-state index in [0.29, 0.717) is 31.6 Å². The fraction of sp³-hybridized carbons (Fsp3) is 0.529. The van der Waals surface area contributed by atoms with Crippen LogP contribution in [-0.2, 0) is 14.6 Å². The maximum Gasteiger partial charge on any atom is 0.329 e. The van der Waals surface area contributed by atoms with Crippen molar-refractivity contribution in [3.05, 3.63) is 23.8 Å². The molecule has 25 heavy (non-hydrogen) atoms. The molecule has 2 rings (SSSR count). The van der Waals surface area contributed by atoms with E-state index in [1.54, 1.807) is 0 Å². The number of hydrogen-bond acceptors (Lipinski definition) is 5. The molecule has 0 heterocycles. The molecule has 1 fully saturated rings. The molecular formula is C17H23NO6S. The van der Waals surface area contributed by atoms with Gasteiger partial charge in [-0.25, -0.2) is 13.2 Å². The van der Waals surface area contributed by atoms with Crippen LogP contribution >= 0.6 is 0 Å². The maximum atomic E-state index is 12.7. The van der Waals surface area contributed by atoms with E-state index in [1.807, 2.05) is 6.92 Å². The summed E-state index contributed by atoms with van der Waals surface area (Å²) in [7, 11) is -2.15. The van der Waals surface area contributed by atoms with Gasteiger partial charge in [-0.1, -0.05) is 6.92 Å². The SMILES string of the molecule is COc1ccc(S(C)(=O)=O)cc1C(=O)NC1(C(=O)O)CCC(C)CC1. The third-order valence-electron chi connectivity index (χ3n) is 4.73. The summed E-state index contributed by atoms with van der Waals surface area (Å²) in [6, 6.07) is 3.95. The number of ether oxygens (including phenoxy) is 1. The molecule has 8 heteroatoms. The number of carbonyl (C=O) groups is 2. The van der Waals surface area contributed by atoms with Gasteiger partial charge in [-0.3, -0.25) is 4.79 Å². The number of nitrogens with one attached hydrogen (secondary N) is 1. The largest absolute Gasteiger partial charge is 0.496 e. The van der Waals surface area contributed by atoms with Crippen molar-refractivity contribution in [2.24, 2.45) is 5.92 Å². The molecule has 0 radical (unpaired) electrons. The lowest BCUT2D eigenvalue weighted by atomic mass is 9.77. The molecular weight excluding hydrogens is 346 g/mol. The molecule has 1 aromatic carbocycles. The fourth-order valence-corrected chi connectivity index (χ4v) is 3.67. The Balaban J connectivity index is 2.37. The summed E-state index contributed by atoms with van der Waals surface area (Å²) in [6.45, 7) is 2.05. The molecule has 0 bridgehead atoms. The highest BCUT2D eigenvalue weighted by Crippen LogP contribution is 2.33. The summed E-state index contributed by atoms with van der Waals surface area (Å²) in [4.78, 5) is 24.5. The minimum absolute atomic E-state index is 0.00433. The van der Waals surface area contributed by atoms with E-state index >= 15 is 0 Å². The Morgan fingerprint density at radius 3 is 2.36 bits per heavy atom. The summed E-state index contributed by atoms with van der Waals surface area (Å²) in [5.74, 6) is -1.13. The lowest BCUT2D eigenvalue weighted by Gasteiger charge is -2.36. The van der Waals surface area contributed by atoms with E-state index in [0.717, 1.165) is 6.26 Å². The molecule has 1 aliphatic carbocycles. The number of hydrogen-bond donors (Lipinski definition) is 2. The molecule has 1 aliphatic rings. The van der Waals surface area contributed by atoms with Crippen molar-refractivity contribution in [3.8, 4) is 5.75 Å². The molecule has 138 valence electrons. The maximum absolute atomic E-state index is 12.7. The molecule has 7 nitrogen and oxygen atoms in total. The summed E-state index contributed by atoms with van der Waals surface area (Å²) >= 11 is 0. The molecule has 1 saturated carbocycles. The van der Waals surface area contributed by atoms with Gasteiger partial charge in [-0.2, -0.15) is 0 Å². The van der Waals surface area contributed by atoms with Crippen LogP contribution in [0.4, 0.5) is 0 Å². The van der Waals surface area contributed by atoms with Crippen molar-refractivity contribution in [2.45, 2.75) is 43.0 Å². The van der Waals surface area contributed by atoms with Gasteiger partial charge in [0.05, 0.1) is 17.6 Å². The number of amides is 1. The average molecular weight is 369 g/mol. The summed E-state index contributed by atoms with van der Waals surface area (Å²) < 4.78 is 28.6. The van der Waals surface area contributed by atoms with Crippen LogP contribution in [0.1, 0.15) is 43.0 Å². The predicted molar refractivity (Wildman–Crippen MR) is 91.6 cm³/mol. The van der Waals surface area contributed by atoms with Crippen LogP contribution < -0.4 is 10.1 Å². The summed E-state index contributed by atoms with van der Waals surface area (Å²) in [5.41, 5.74) is -1.33. The molecule has 0 aliphatic heterocycles. The van der Waals surface area contributed by atoms with Gasteiger partial charge >= 0.3 is 5.97 Å². The second kappa shape index (κ2) is 7.03. The van der Waals surface area contributed by atoms with Crippen molar-refractivity contribution in [1.82, 2.24) is 5.32 Å². The molecule has 1 aromatic rings. The number of carboxylic acid groups (broad SMARTS) is 1. The number of benzene rings is 1. The van der Waals surface area contributed by atoms with Gasteiger partial charge in [-0.05, 0) is 49.8 Å². The molecule has 2 N–H and O–H groups in total. The number of rotatable bonds is 5. The van der Waals surface area contributed by atoms with Crippen molar-refractivity contribution in [1.29, 1.82) is 0 Å². The number of carbonyl (C=O) groups excluding carboxylic acids is 1. The first-order chi connectivity index (χ1) is 11.6. The van der Waals surface area contributed by atoms with E-state index in [4.69, 9.17) is 4.74 Å². The zero-order valence-corrected chi connectivity index (χ0v) is 15.4. The van der Waals surface area contributed by atoms with E-state index in [-0.39, 0.29) is 16.2 Å². The molecule has 0 unspecified atom stereocenters. The monoisotopic (exact) mass is 369 g/mol. The minimum atomic E-state index is -3.51. The average Bonchev–Trinajstić information content (AvgIpc) is 2.55. The molecule has 0 spiro atoms. The Morgan fingerprint density at radius 1 is 1.28 bits per heavy atom. The van der Waals surface area contributed by atoms with Crippen LogP contribution in [0.25, 0.3) is 0 Å². The Kier molecular flexibility index (Phi) is 5.41. The number of carboxylic acids is 1. The Bertz CT molecular complexity index is 778. The Morgan fingerprint density at radius 2 is 1.88 bits per heavy atom. The second-order valence-electron chi connectivity index (χ2n) is 6.66. The highest BCUT2D eigenvalue weighted by Gasteiger charge is 2.43. The van der Waals surface area contributed by atoms with Crippen LogP contribution in [-0.4, -0.2) is 44.3 Å². The van der Waals surface area contributed by atoms with Gasteiger partial charge in [-0.15, -0.1) is 0 Å². The summed E-state index contributed by atoms with van der Waals surface area (Å²) in [5, 5.41) is 12.2. The highest BCUT2D eigenvalue weighted by atomic mass is 32.2. The van der Waals surface area contributed by atoms with Gasteiger partial charge < -0.3 is 15.2 Å². The zero-order chi connectivity index (χ0) is 18.8. The van der Waals surface area contributed by atoms with Crippen LogP contribution in [0, 0.1) is 5.92 Å². The Labute approximate surface area is 147 Å². The van der Waals surface area contributed by atoms with E-state index < -0.39 is 27.3 Å². The lowest BCUT2D eigenvalue weighted by Crippen LogP contribution is -2.56. The third kappa shape index (κ3) is 4.12. The van der Waals surface area contributed by atoms with Crippen LogP contribution in [0.5, 0.6) is 5.75 Å². The number of methoxy groups -OCH3 is 1. The first-order valence-electron chi connectivity index (χ1n) is 8.03. The minimum Gasteiger partial charge on any atom is -0.496 e. The van der Waals surface area contributed by atoms with Gasteiger partial charge in [0.15, 0.2) is 9.84 Å². The van der Waals surface area contributed by atoms with Gasteiger partial charge in [0.25, 0.3) is 5.91 Å². The van der Waals surface area contributed by atoms with Gasteiger partial charge in [0.2, 0.25) is 0 Å². The van der Waals surface area contributed by atoms with Crippen LogP contribution in [0.15, 0.2) is 23.1 Å². The van der Waals surface area contributed by atoms with Gasteiger partial charge in [0, 0.05) is 6.26 Å². The first kappa shape index (κ1) is 19.2. The predicted octanol–water partition coefficient (Wildman–Crippen LogP) is 1.86. The van der Waals surface area contributed by atoms with Crippen molar-refractivity contribution < 1.29 is 27.9 Å². The van der Waals surface area contributed by atoms with E-state index in [2.05, 4.69) is 5.32 Å². The zero-order valence-electron chi connectivity index (χ0n) is 14.5. The molecule has 0 saturated heterocycles. The van der Waals surface area contributed by atoms with E-state index in [1.165, 1.54) is 25.3 Å². The van der Waals surface area contributed by atoms with Crippen LogP contribution in [0.2, 0.25) is 0 Å². The highest BCUT2D eigenvalue weighted by molar-refractivity contribution is 7.90. The smallest absolute Gasteiger partial charge is 0.329 e. The number of sulfone groups is 1. The standard InChI is InChI=1S/C17H23NO6S/c1-11-6-8-17(9-7-11,16(20)21)18-15(19)13-10-12(25(3,22)23)4-5-14(13)24-2/h4-5,10-11H,6-9H2,1-3H3,(H,18,19)(H,20,21). The molecule has 0 aromatic heterocycles. The quantitative estimate of drug-likeness (QED) is 0.820. The van der Waals surface area contributed by atoms with Crippen LogP contribution in [0.3, 0.4) is 0 Å². The third-order valence-corrected chi connectivity index (χ3v) is 5.84. The molecule has 1 amide bonds. The molecule has 0 atom stereocenters. The number of aliphatic carboxylic acids is 1. The van der Waals surface area contributed by atoms with E-state index in [9.17, 15) is 23.1 Å². The summed E-state index contributed by atoms with van der Waals surface area (Å²) in [6.07, 6.45) is 3.12. The Hall–Kier alpha value is -2.09. The van der Waals surface area contributed by atoms with Gasteiger partial charge in [0.1, 0.15) is 11.3 Å². The lowest BCUT2D eigenvalue weighted by molar-refractivity contribution is -0.146. The fourth-order valence-electron chi connectivity index (χ4n) is 3.03.